The van der Waals surface area contributed by atoms with E-state index in [-0.39, 0.29) is 33.8 Å². The number of aromatic hydroxyl groups is 3. The lowest BCUT2D eigenvalue weighted by atomic mass is 9.52. The molecule has 0 bridgehead atoms. The third-order valence-corrected chi connectivity index (χ3v) is 15.1. The Morgan fingerprint density at radius 3 is 1.69 bits per heavy atom. The normalized spacial score (nSPS) is 15.3. The van der Waals surface area contributed by atoms with Crippen molar-refractivity contribution in [1.29, 1.82) is 0 Å². The summed E-state index contributed by atoms with van der Waals surface area (Å²) >= 11 is 0. The Labute approximate surface area is 460 Å². The van der Waals surface area contributed by atoms with Crippen LogP contribution in [0.25, 0.3) is 22.1 Å². The molecule has 0 aliphatic heterocycles. The standard InChI is InChI=1S/C21H25N5O3.C19H23N5O3.C18H20N2O4/c1-14-11-26(19-15(14)7-6-10-23-19)21(8-4-3-5-9-21)13-25-12-16(27)18(28)17(24-25)20(29)22-2;1-4-6-13(24-9-12(2)14-7-5-8-21-18(14)24)10-23-11-15(25)17(26)16(22-23)19(27)20-3;1-17(2)9-18(10-17,12-6-4-3-5-7-12)11-20-8-13(21)15(22)14(19-20)16(23)24/h6-7,10-12,27H,3-5,8-9,13H2,1-2H3,(H,22,29);5,7-9,11,13,25H,4,6,10H2,1-3H3,(H,20,27);3-8,21H,9-11H2,1-2H3,(H,23,24). The summed E-state index contributed by atoms with van der Waals surface area (Å²) < 4.78 is 8.68. The molecule has 1 atom stereocenters. The van der Waals surface area contributed by atoms with Crippen molar-refractivity contribution in [3.8, 4) is 17.2 Å². The number of fused-ring (bicyclic) bond motifs is 2. The molecule has 0 spiro atoms. The van der Waals surface area contributed by atoms with Gasteiger partial charge in [0.2, 0.25) is 5.69 Å². The molecular weight excluding hydrogens is 1020 g/mol. The van der Waals surface area contributed by atoms with E-state index in [1.165, 1.54) is 53.2 Å². The van der Waals surface area contributed by atoms with Gasteiger partial charge in [-0.1, -0.05) is 76.8 Å². The second kappa shape index (κ2) is 23.6. The first kappa shape index (κ1) is 57.2. The van der Waals surface area contributed by atoms with Gasteiger partial charge >= 0.3 is 5.97 Å². The Bertz CT molecular complexity index is 3770. The number of nitrogens with one attached hydrogen (secondary N) is 2. The van der Waals surface area contributed by atoms with E-state index in [1.54, 1.807) is 12.4 Å². The highest BCUT2D eigenvalue weighted by Crippen LogP contribution is 2.56. The van der Waals surface area contributed by atoms with Crippen molar-refractivity contribution in [3.05, 3.63) is 162 Å². The van der Waals surface area contributed by atoms with Crippen LogP contribution in [0.5, 0.6) is 17.2 Å². The summed E-state index contributed by atoms with van der Waals surface area (Å²) in [5, 5.41) is 58.2. The number of aromatic nitrogens is 10. The van der Waals surface area contributed by atoms with Gasteiger partial charge in [0, 0.05) is 55.1 Å². The molecule has 0 saturated heterocycles. The van der Waals surface area contributed by atoms with E-state index < -0.39 is 57.0 Å². The first-order valence-corrected chi connectivity index (χ1v) is 26.6. The average Bonchev–Trinajstić information content (AvgIpc) is 4.00. The van der Waals surface area contributed by atoms with Crippen LogP contribution in [0.3, 0.4) is 0 Å². The van der Waals surface area contributed by atoms with E-state index >= 15 is 0 Å². The zero-order valence-electron chi connectivity index (χ0n) is 46.0. The second-order valence-corrected chi connectivity index (χ2v) is 21.7. The average molecular weight is 1090 g/mol. The predicted molar refractivity (Wildman–Crippen MR) is 299 cm³/mol. The molecule has 8 aromatic rings. The molecule has 2 amide bonds. The number of benzene rings is 1. The van der Waals surface area contributed by atoms with Gasteiger partial charge in [-0.25, -0.2) is 14.8 Å². The first-order chi connectivity index (χ1) is 38.1. The molecule has 2 fully saturated rings. The highest BCUT2D eigenvalue weighted by molar-refractivity contribution is 5.92. The zero-order chi connectivity index (χ0) is 57.7. The molecule has 1 unspecified atom stereocenters. The van der Waals surface area contributed by atoms with Crippen molar-refractivity contribution in [1.82, 2.24) is 59.1 Å². The SMILES string of the molecule is CC1(C)CC(Cn2cc(O)c(=O)c(C(=O)O)n2)(c2ccccc2)C1.CCCC(Cn1cc(O)c(=O)c(C(=O)NC)n1)n1cc(C)c2cccnc21.CNC(=O)c1nn(CC2(n3cc(C)c4cccnc43)CCCCC2)cc(O)c1=O. The van der Waals surface area contributed by atoms with Gasteiger partial charge in [-0.2, -0.15) is 15.3 Å². The number of carbonyl (C=O) groups is 3. The Morgan fingerprint density at radius 1 is 0.637 bits per heavy atom. The predicted octanol–water partition coefficient (Wildman–Crippen LogP) is 6.74. The maximum absolute atomic E-state index is 12.1. The highest BCUT2D eigenvalue weighted by atomic mass is 16.4. The number of amides is 2. The van der Waals surface area contributed by atoms with Gasteiger partial charge < -0.3 is 40.2 Å². The zero-order valence-corrected chi connectivity index (χ0v) is 46.0. The van der Waals surface area contributed by atoms with Gasteiger partial charge in [-0.15, -0.1) is 0 Å². The van der Waals surface area contributed by atoms with Crippen LogP contribution < -0.4 is 26.9 Å². The van der Waals surface area contributed by atoms with Crippen molar-refractivity contribution >= 4 is 39.9 Å². The quantitative estimate of drug-likeness (QED) is 0.0657. The third-order valence-electron chi connectivity index (χ3n) is 15.1. The fourth-order valence-electron chi connectivity index (χ4n) is 11.8. The van der Waals surface area contributed by atoms with E-state index in [1.807, 2.05) is 43.3 Å². The molecule has 80 heavy (non-hydrogen) atoms. The summed E-state index contributed by atoms with van der Waals surface area (Å²) in [4.78, 5) is 80.0. The van der Waals surface area contributed by atoms with Crippen molar-refractivity contribution in [2.45, 2.75) is 129 Å². The maximum atomic E-state index is 12.1. The van der Waals surface area contributed by atoms with Gasteiger partial charge in [0.1, 0.15) is 11.3 Å². The van der Waals surface area contributed by atoms with E-state index in [4.69, 9.17) is 5.11 Å². The number of rotatable bonds is 14. The molecule has 22 nitrogen and oxygen atoms in total. The molecule has 7 aromatic heterocycles. The number of nitrogens with zero attached hydrogens (tertiary/aromatic N) is 10. The minimum absolute atomic E-state index is 0.00744. The third kappa shape index (κ3) is 11.9. The molecular formula is C58H68N12O10. The van der Waals surface area contributed by atoms with Gasteiger partial charge in [-0.3, -0.25) is 38.0 Å². The molecule has 10 rings (SSSR count). The fraction of sp³-hybridized carbons (Fsp3) is 0.397. The smallest absolute Gasteiger partial charge is 0.360 e. The summed E-state index contributed by atoms with van der Waals surface area (Å²) in [7, 11) is 2.85. The maximum Gasteiger partial charge on any atom is 0.360 e. The van der Waals surface area contributed by atoms with E-state index in [0.717, 1.165) is 90.1 Å². The van der Waals surface area contributed by atoms with Gasteiger partial charge in [0.15, 0.2) is 28.6 Å². The second-order valence-electron chi connectivity index (χ2n) is 21.7. The number of carboxylic acids is 1. The first-order valence-electron chi connectivity index (χ1n) is 26.6. The number of hydrogen-bond donors (Lipinski definition) is 6. The molecule has 2 aliphatic rings. The van der Waals surface area contributed by atoms with Crippen molar-refractivity contribution < 1.29 is 34.8 Å². The van der Waals surface area contributed by atoms with Crippen LogP contribution in [0.1, 0.15) is 133 Å². The fourth-order valence-corrected chi connectivity index (χ4v) is 11.8. The molecule has 420 valence electrons. The number of carboxylic acid groups (broad SMARTS) is 1. The lowest BCUT2D eigenvalue weighted by Crippen LogP contribution is -2.49. The summed E-state index contributed by atoms with van der Waals surface area (Å²) in [6.07, 6.45) is 20.3. The largest absolute Gasteiger partial charge is 0.503 e. The van der Waals surface area contributed by atoms with E-state index in [2.05, 4.69) is 103 Å². The number of pyridine rings is 2. The van der Waals surface area contributed by atoms with Crippen molar-refractivity contribution in [2.75, 3.05) is 14.1 Å². The Morgan fingerprint density at radius 2 is 1.14 bits per heavy atom. The summed E-state index contributed by atoms with van der Waals surface area (Å²) in [6.45, 7) is 11.8. The van der Waals surface area contributed by atoms with E-state index in [0.29, 0.717) is 19.6 Å². The van der Waals surface area contributed by atoms with E-state index in [9.17, 15) is 44.1 Å². The number of carbonyl (C=O) groups excluding carboxylic acids is 2. The van der Waals surface area contributed by atoms with Gasteiger partial charge in [0.25, 0.3) is 28.1 Å². The molecule has 2 aliphatic carbocycles. The Kier molecular flexibility index (Phi) is 16.9. The lowest BCUT2D eigenvalue weighted by molar-refractivity contribution is 0.0384. The van der Waals surface area contributed by atoms with Crippen LogP contribution in [-0.4, -0.2) is 101 Å². The molecule has 1 aromatic carbocycles. The van der Waals surface area contributed by atoms with Gasteiger partial charge in [-0.05, 0) is 92.3 Å². The topological polar surface area (TPSA) is 296 Å². The number of aryl methyl sites for hydroxylation is 2. The number of hydrogen-bond acceptors (Lipinski definition) is 14. The highest BCUT2D eigenvalue weighted by Gasteiger charge is 2.50. The van der Waals surface area contributed by atoms with Crippen molar-refractivity contribution in [2.24, 2.45) is 5.41 Å². The molecule has 7 heterocycles. The monoisotopic (exact) mass is 1090 g/mol. The van der Waals surface area contributed by atoms with Crippen molar-refractivity contribution in [3.63, 3.8) is 0 Å². The van der Waals surface area contributed by atoms with Crippen LogP contribution in [0, 0.1) is 19.3 Å². The van der Waals surface area contributed by atoms with Crippen LogP contribution in [0.15, 0.2) is 112 Å². The Balaban J connectivity index is 0.000000158. The summed E-state index contributed by atoms with van der Waals surface area (Å²) in [5.74, 6) is -4.24. The molecule has 6 N–H and O–H groups in total. The summed E-state index contributed by atoms with van der Waals surface area (Å²) in [5.41, 5.74) is 1.16. The van der Waals surface area contributed by atoms with Crippen LogP contribution in [0.4, 0.5) is 0 Å². The van der Waals surface area contributed by atoms with Crippen LogP contribution in [-0.2, 0) is 30.6 Å². The van der Waals surface area contributed by atoms with Crippen LogP contribution in [0.2, 0.25) is 0 Å². The molecule has 2 saturated carbocycles. The lowest BCUT2D eigenvalue weighted by Gasteiger charge is -2.54. The molecule has 0 radical (unpaired) electrons. The van der Waals surface area contributed by atoms with Gasteiger partial charge in [0.05, 0.1) is 49.8 Å². The van der Waals surface area contributed by atoms with Crippen LogP contribution >= 0.6 is 0 Å². The Hall–Kier alpha value is -8.95. The molecule has 22 heteroatoms. The minimum atomic E-state index is -1.44. The minimum Gasteiger partial charge on any atom is -0.503 e. The summed E-state index contributed by atoms with van der Waals surface area (Å²) in [6, 6.07) is 18.0. The number of aromatic carboxylic acids is 1.